The van der Waals surface area contributed by atoms with Crippen molar-refractivity contribution in [1.29, 1.82) is 0 Å². The van der Waals surface area contributed by atoms with Crippen molar-refractivity contribution in [2.45, 2.75) is 45.6 Å². The predicted octanol–water partition coefficient (Wildman–Crippen LogP) is 1.12. The molecule has 0 spiro atoms. The van der Waals surface area contributed by atoms with E-state index < -0.39 is 0 Å². The summed E-state index contributed by atoms with van der Waals surface area (Å²) >= 11 is 0. The molecule has 2 unspecified atom stereocenters. The Hall–Kier alpha value is -0.610. The van der Waals surface area contributed by atoms with Crippen LogP contribution < -0.4 is 11.3 Å². The van der Waals surface area contributed by atoms with Crippen molar-refractivity contribution in [2.75, 3.05) is 13.1 Å². The van der Waals surface area contributed by atoms with Crippen LogP contribution in [0.4, 0.5) is 0 Å². The molecule has 98 valence electrons. The molecule has 0 aromatic heterocycles. The summed E-state index contributed by atoms with van der Waals surface area (Å²) in [5, 5.41) is 0. The molecule has 4 heteroatoms. The second kappa shape index (κ2) is 5.36. The van der Waals surface area contributed by atoms with Gasteiger partial charge in [0.15, 0.2) is 0 Å². The van der Waals surface area contributed by atoms with E-state index in [0.29, 0.717) is 6.04 Å². The Morgan fingerprint density at radius 3 is 2.06 bits per heavy atom. The van der Waals surface area contributed by atoms with Crippen molar-refractivity contribution in [3.8, 4) is 0 Å². The first-order valence-electron chi connectivity index (χ1n) is 6.86. The Morgan fingerprint density at radius 1 is 1.24 bits per heavy atom. The highest BCUT2D eigenvalue weighted by Crippen LogP contribution is 2.35. The Kier molecular flexibility index (Phi) is 4.05. The van der Waals surface area contributed by atoms with E-state index in [0.717, 1.165) is 11.8 Å². The summed E-state index contributed by atoms with van der Waals surface area (Å²) in [7, 11) is 0. The van der Waals surface area contributed by atoms with Crippen LogP contribution in [-0.2, 0) is 4.79 Å². The molecule has 2 aliphatic carbocycles. The third kappa shape index (κ3) is 3.68. The van der Waals surface area contributed by atoms with Crippen LogP contribution in [0.5, 0.6) is 0 Å². The minimum Gasteiger partial charge on any atom is -0.299 e. The van der Waals surface area contributed by atoms with Gasteiger partial charge < -0.3 is 0 Å². The Labute approximate surface area is 104 Å². The van der Waals surface area contributed by atoms with E-state index in [1.54, 1.807) is 0 Å². The summed E-state index contributed by atoms with van der Waals surface area (Å²) < 4.78 is 0. The van der Waals surface area contributed by atoms with E-state index in [4.69, 9.17) is 5.84 Å². The zero-order valence-electron chi connectivity index (χ0n) is 11.0. The van der Waals surface area contributed by atoms with Crippen molar-refractivity contribution in [2.24, 2.45) is 23.6 Å². The molecule has 0 radical (unpaired) electrons. The van der Waals surface area contributed by atoms with Crippen molar-refractivity contribution in [3.05, 3.63) is 0 Å². The number of nitrogens with one attached hydrogen (secondary N) is 1. The van der Waals surface area contributed by atoms with Crippen LogP contribution in [0.15, 0.2) is 0 Å². The van der Waals surface area contributed by atoms with Crippen LogP contribution in [0.3, 0.4) is 0 Å². The minimum absolute atomic E-state index is 0.0301. The van der Waals surface area contributed by atoms with E-state index in [1.165, 1.54) is 38.8 Å². The van der Waals surface area contributed by atoms with Crippen LogP contribution in [0.2, 0.25) is 0 Å². The zero-order chi connectivity index (χ0) is 12.4. The maximum Gasteiger partial charge on any atom is 0.238 e. The Balaban J connectivity index is 1.89. The third-order valence-electron chi connectivity index (χ3n) is 4.23. The molecule has 17 heavy (non-hydrogen) atoms. The van der Waals surface area contributed by atoms with Gasteiger partial charge in [-0.25, -0.2) is 5.84 Å². The van der Waals surface area contributed by atoms with Gasteiger partial charge in [0.25, 0.3) is 0 Å². The van der Waals surface area contributed by atoms with E-state index in [-0.39, 0.29) is 11.8 Å². The van der Waals surface area contributed by atoms with E-state index in [1.807, 2.05) is 6.92 Å². The Morgan fingerprint density at radius 2 is 1.71 bits per heavy atom. The molecular weight excluding hydrogens is 214 g/mol. The molecule has 0 aliphatic heterocycles. The topological polar surface area (TPSA) is 58.4 Å². The molecule has 4 nitrogen and oxygen atoms in total. The molecule has 2 atom stereocenters. The van der Waals surface area contributed by atoms with Gasteiger partial charge in [0.2, 0.25) is 5.91 Å². The third-order valence-corrected chi connectivity index (χ3v) is 4.23. The number of rotatable bonds is 7. The number of carbonyl (C=O) groups excluding carboxylic acids is 1. The molecule has 0 aromatic rings. The fourth-order valence-electron chi connectivity index (χ4n) is 2.34. The fourth-order valence-corrected chi connectivity index (χ4v) is 2.34. The van der Waals surface area contributed by atoms with Gasteiger partial charge >= 0.3 is 0 Å². The molecule has 2 rings (SSSR count). The number of carbonyl (C=O) groups is 1. The molecule has 1 amide bonds. The zero-order valence-corrected chi connectivity index (χ0v) is 11.0. The standard InChI is InChI=1S/C13H25N3O/c1-9(13(17)15-14)10(2)16(7-11-3-4-11)8-12-5-6-12/h9-12H,3-8,14H2,1-2H3,(H,15,17). The number of hydrogen-bond donors (Lipinski definition) is 2. The van der Waals surface area contributed by atoms with E-state index in [9.17, 15) is 4.79 Å². The van der Waals surface area contributed by atoms with Gasteiger partial charge in [-0.05, 0) is 44.4 Å². The molecule has 0 saturated heterocycles. The van der Waals surface area contributed by atoms with Crippen LogP contribution in [-0.4, -0.2) is 29.9 Å². The quantitative estimate of drug-likeness (QED) is 0.398. The monoisotopic (exact) mass is 239 g/mol. The SMILES string of the molecule is CC(C(=O)NN)C(C)N(CC1CC1)CC1CC1. The molecule has 2 aliphatic rings. The fraction of sp³-hybridized carbons (Fsp3) is 0.923. The highest BCUT2D eigenvalue weighted by Gasteiger charge is 2.34. The van der Waals surface area contributed by atoms with E-state index >= 15 is 0 Å². The summed E-state index contributed by atoms with van der Waals surface area (Å²) in [6, 6.07) is 0.291. The average Bonchev–Trinajstić information content (AvgIpc) is 3.19. The highest BCUT2D eigenvalue weighted by atomic mass is 16.2. The van der Waals surface area contributed by atoms with Crippen LogP contribution >= 0.6 is 0 Å². The molecular formula is C13H25N3O. The van der Waals surface area contributed by atoms with Crippen LogP contribution in [0.1, 0.15) is 39.5 Å². The van der Waals surface area contributed by atoms with Gasteiger partial charge in [-0.2, -0.15) is 0 Å². The summed E-state index contributed by atoms with van der Waals surface area (Å²) in [6.07, 6.45) is 5.47. The van der Waals surface area contributed by atoms with Gasteiger partial charge in [0, 0.05) is 19.1 Å². The lowest BCUT2D eigenvalue weighted by molar-refractivity contribution is -0.126. The summed E-state index contributed by atoms with van der Waals surface area (Å²) in [5.41, 5.74) is 2.27. The van der Waals surface area contributed by atoms with Gasteiger partial charge in [-0.15, -0.1) is 0 Å². The maximum atomic E-state index is 11.6. The lowest BCUT2D eigenvalue weighted by atomic mass is 10.0. The lowest BCUT2D eigenvalue weighted by Crippen LogP contribution is -2.47. The van der Waals surface area contributed by atoms with Gasteiger partial charge in [-0.3, -0.25) is 15.1 Å². The first-order valence-corrected chi connectivity index (χ1v) is 6.86. The number of nitrogens with zero attached hydrogens (tertiary/aromatic N) is 1. The number of amides is 1. The highest BCUT2D eigenvalue weighted by molar-refractivity contribution is 5.78. The maximum absolute atomic E-state index is 11.6. The number of hydrazine groups is 1. The second-order valence-electron chi connectivity index (χ2n) is 5.88. The molecule has 0 heterocycles. The van der Waals surface area contributed by atoms with Gasteiger partial charge in [-0.1, -0.05) is 6.92 Å². The van der Waals surface area contributed by atoms with Crippen molar-refractivity contribution in [3.63, 3.8) is 0 Å². The van der Waals surface area contributed by atoms with Crippen LogP contribution in [0, 0.1) is 17.8 Å². The molecule has 0 bridgehead atoms. The Bertz CT molecular complexity index is 260. The average molecular weight is 239 g/mol. The normalized spacial score (nSPS) is 23.5. The smallest absolute Gasteiger partial charge is 0.238 e. The minimum atomic E-state index is -0.0471. The first-order chi connectivity index (χ1) is 8.11. The van der Waals surface area contributed by atoms with Crippen molar-refractivity contribution >= 4 is 5.91 Å². The van der Waals surface area contributed by atoms with Gasteiger partial charge in [0.1, 0.15) is 0 Å². The largest absolute Gasteiger partial charge is 0.299 e. The molecule has 2 saturated carbocycles. The van der Waals surface area contributed by atoms with Crippen LogP contribution in [0.25, 0.3) is 0 Å². The van der Waals surface area contributed by atoms with E-state index in [2.05, 4.69) is 17.2 Å². The summed E-state index contributed by atoms with van der Waals surface area (Å²) in [6.45, 7) is 6.46. The summed E-state index contributed by atoms with van der Waals surface area (Å²) in [5.74, 6) is 6.90. The predicted molar refractivity (Wildman–Crippen MR) is 68.0 cm³/mol. The summed E-state index contributed by atoms with van der Waals surface area (Å²) in [4.78, 5) is 14.1. The molecule has 2 fully saturated rings. The molecule has 0 aromatic carbocycles. The lowest BCUT2D eigenvalue weighted by Gasteiger charge is -2.32. The second-order valence-corrected chi connectivity index (χ2v) is 5.88. The molecule has 3 N–H and O–H groups in total. The van der Waals surface area contributed by atoms with Crippen molar-refractivity contribution in [1.82, 2.24) is 10.3 Å². The number of nitrogens with two attached hydrogens (primary N) is 1. The number of hydrogen-bond acceptors (Lipinski definition) is 3. The first kappa shape index (κ1) is 12.8. The van der Waals surface area contributed by atoms with Gasteiger partial charge in [0.05, 0.1) is 5.92 Å². The van der Waals surface area contributed by atoms with Crippen molar-refractivity contribution < 1.29 is 4.79 Å².